The number of nitrogens with zero attached hydrogens (tertiary/aromatic N) is 2. The van der Waals surface area contributed by atoms with Crippen molar-refractivity contribution in [3.8, 4) is 0 Å². The highest BCUT2D eigenvalue weighted by atomic mass is 19.1. The smallest absolute Gasteiger partial charge is 0.224 e. The van der Waals surface area contributed by atoms with Crippen molar-refractivity contribution in [3.05, 3.63) is 41.1 Å². The molecule has 0 bridgehead atoms. The van der Waals surface area contributed by atoms with E-state index < -0.39 is 5.82 Å². The molecule has 0 unspecified atom stereocenters. The van der Waals surface area contributed by atoms with Crippen LogP contribution in [0.3, 0.4) is 0 Å². The fourth-order valence-electron chi connectivity index (χ4n) is 1.60. The van der Waals surface area contributed by atoms with Crippen molar-refractivity contribution in [1.29, 1.82) is 0 Å². The quantitative estimate of drug-likeness (QED) is 0.515. The van der Waals surface area contributed by atoms with Crippen LogP contribution in [0.25, 0.3) is 15.7 Å². The third kappa shape index (κ3) is 1.29. The first-order valence-corrected chi connectivity index (χ1v) is 4.28. The number of rotatable bonds is 1. The molecule has 4 heteroatoms. The lowest BCUT2D eigenvalue weighted by molar-refractivity contribution is 0.112. The fourth-order valence-corrected chi connectivity index (χ4v) is 1.60. The normalized spacial score (nSPS) is 10.2. The molecule has 0 saturated heterocycles. The third-order valence-corrected chi connectivity index (χ3v) is 2.34. The molecule has 0 amide bonds. The summed E-state index contributed by atoms with van der Waals surface area (Å²) in [7, 11) is 1.75. The summed E-state index contributed by atoms with van der Waals surface area (Å²) in [6.45, 7) is 6.79. The standard InChI is InChI=1S/C11H7FN2O/c1-13-10-4-11-8(3-9(10)12)7(6-15)5-14(11)2/h3-6H,2H3. The van der Waals surface area contributed by atoms with E-state index in [1.165, 1.54) is 12.1 Å². The van der Waals surface area contributed by atoms with E-state index in [9.17, 15) is 9.18 Å². The van der Waals surface area contributed by atoms with Crippen LogP contribution in [-0.4, -0.2) is 10.9 Å². The van der Waals surface area contributed by atoms with Gasteiger partial charge in [-0.2, -0.15) is 0 Å². The molecule has 0 N–H and O–H groups in total. The molecule has 1 heterocycles. The zero-order valence-corrected chi connectivity index (χ0v) is 7.99. The van der Waals surface area contributed by atoms with Crippen LogP contribution in [0.2, 0.25) is 0 Å². The van der Waals surface area contributed by atoms with Crippen LogP contribution in [0.5, 0.6) is 0 Å². The molecular formula is C11H7FN2O. The number of hydrogen-bond acceptors (Lipinski definition) is 1. The van der Waals surface area contributed by atoms with Gasteiger partial charge in [-0.15, -0.1) is 0 Å². The largest absolute Gasteiger partial charge is 0.351 e. The summed E-state index contributed by atoms with van der Waals surface area (Å²) < 4.78 is 15.0. The van der Waals surface area contributed by atoms with Crippen molar-refractivity contribution in [1.82, 2.24) is 4.57 Å². The van der Waals surface area contributed by atoms with Crippen molar-refractivity contribution in [2.24, 2.45) is 7.05 Å². The van der Waals surface area contributed by atoms with Crippen LogP contribution in [0.15, 0.2) is 18.3 Å². The molecule has 0 aliphatic heterocycles. The molecule has 0 aliphatic rings. The minimum atomic E-state index is -0.591. The van der Waals surface area contributed by atoms with Crippen molar-refractivity contribution in [2.45, 2.75) is 0 Å². The Morgan fingerprint density at radius 2 is 2.27 bits per heavy atom. The molecule has 0 aliphatic carbocycles. The van der Waals surface area contributed by atoms with Crippen LogP contribution in [-0.2, 0) is 7.05 Å². The Kier molecular flexibility index (Phi) is 2.01. The van der Waals surface area contributed by atoms with Gasteiger partial charge >= 0.3 is 0 Å². The van der Waals surface area contributed by atoms with Crippen molar-refractivity contribution in [2.75, 3.05) is 0 Å². The average Bonchev–Trinajstić information content (AvgIpc) is 2.54. The third-order valence-electron chi connectivity index (χ3n) is 2.34. The lowest BCUT2D eigenvalue weighted by atomic mass is 10.1. The SMILES string of the molecule is [C-]#[N+]c1cc2c(cc1F)c(C=O)cn2C. The van der Waals surface area contributed by atoms with Gasteiger partial charge in [0.15, 0.2) is 6.29 Å². The van der Waals surface area contributed by atoms with Crippen molar-refractivity contribution < 1.29 is 9.18 Å². The number of carbonyl (C=O) groups is 1. The highest BCUT2D eigenvalue weighted by Crippen LogP contribution is 2.27. The summed E-state index contributed by atoms with van der Waals surface area (Å²) >= 11 is 0. The van der Waals surface area contributed by atoms with Gasteiger partial charge in [0.05, 0.1) is 6.57 Å². The van der Waals surface area contributed by atoms with Gasteiger partial charge < -0.3 is 4.57 Å². The first kappa shape index (κ1) is 9.41. The maximum Gasteiger partial charge on any atom is 0.224 e. The molecule has 15 heavy (non-hydrogen) atoms. The molecule has 2 aromatic rings. The number of carbonyl (C=O) groups excluding carboxylic acids is 1. The van der Waals surface area contributed by atoms with E-state index in [0.717, 1.165) is 0 Å². The Morgan fingerprint density at radius 1 is 1.53 bits per heavy atom. The first-order chi connectivity index (χ1) is 7.17. The summed E-state index contributed by atoms with van der Waals surface area (Å²) in [4.78, 5) is 13.8. The average molecular weight is 202 g/mol. The second-order valence-electron chi connectivity index (χ2n) is 3.25. The number of aryl methyl sites for hydroxylation is 1. The summed E-state index contributed by atoms with van der Waals surface area (Å²) in [5.74, 6) is -0.591. The van der Waals surface area contributed by atoms with Crippen molar-refractivity contribution in [3.63, 3.8) is 0 Å². The Bertz CT molecular complexity index is 593. The minimum absolute atomic E-state index is 0.0267. The Morgan fingerprint density at radius 3 is 2.87 bits per heavy atom. The van der Waals surface area contributed by atoms with Crippen LogP contribution < -0.4 is 0 Å². The molecule has 3 nitrogen and oxygen atoms in total. The van der Waals surface area contributed by atoms with Crippen LogP contribution in [0.1, 0.15) is 10.4 Å². The number of aldehydes is 1. The van der Waals surface area contributed by atoms with Gasteiger partial charge in [0.1, 0.15) is 5.82 Å². The summed E-state index contributed by atoms with van der Waals surface area (Å²) in [5.41, 5.74) is 1.09. The first-order valence-electron chi connectivity index (χ1n) is 4.28. The number of aromatic nitrogens is 1. The van der Waals surface area contributed by atoms with Crippen LogP contribution >= 0.6 is 0 Å². The van der Waals surface area contributed by atoms with Crippen molar-refractivity contribution >= 4 is 22.9 Å². The minimum Gasteiger partial charge on any atom is -0.351 e. The maximum atomic E-state index is 13.3. The predicted octanol–water partition coefficient (Wildman–Crippen LogP) is 2.68. The summed E-state index contributed by atoms with van der Waals surface area (Å²) in [6.07, 6.45) is 2.30. The Balaban J connectivity index is 2.90. The highest BCUT2D eigenvalue weighted by molar-refractivity contribution is 5.98. The van der Waals surface area contributed by atoms with Gasteiger partial charge in [0, 0.05) is 29.7 Å². The fraction of sp³-hybridized carbons (Fsp3) is 0.0909. The number of benzene rings is 1. The zero-order valence-electron chi connectivity index (χ0n) is 7.99. The van der Waals surface area contributed by atoms with E-state index in [4.69, 9.17) is 6.57 Å². The predicted molar refractivity (Wildman–Crippen MR) is 54.5 cm³/mol. The van der Waals surface area contributed by atoms with Gasteiger partial charge in [-0.3, -0.25) is 4.79 Å². The van der Waals surface area contributed by atoms with E-state index in [0.29, 0.717) is 22.8 Å². The van der Waals surface area contributed by atoms with Gasteiger partial charge in [-0.1, -0.05) is 0 Å². The maximum absolute atomic E-state index is 13.3. The number of fused-ring (bicyclic) bond motifs is 1. The molecule has 1 aromatic carbocycles. The second kappa shape index (κ2) is 3.21. The van der Waals surface area contributed by atoms with E-state index in [1.807, 2.05) is 0 Å². The number of halogens is 1. The summed E-state index contributed by atoms with van der Waals surface area (Å²) in [6, 6.07) is 2.68. The molecule has 0 saturated carbocycles. The second-order valence-corrected chi connectivity index (χ2v) is 3.25. The van der Waals surface area contributed by atoms with Gasteiger partial charge in [-0.05, 0) is 12.1 Å². The topological polar surface area (TPSA) is 26.4 Å². The molecule has 0 atom stereocenters. The van der Waals surface area contributed by atoms with Gasteiger partial charge in [-0.25, -0.2) is 9.24 Å². The molecular weight excluding hydrogens is 195 g/mol. The van der Waals surface area contributed by atoms with Gasteiger partial charge in [0.2, 0.25) is 5.69 Å². The molecule has 74 valence electrons. The molecule has 0 fully saturated rings. The lowest BCUT2D eigenvalue weighted by Gasteiger charge is -1.98. The zero-order chi connectivity index (χ0) is 11.0. The molecule has 0 radical (unpaired) electrons. The highest BCUT2D eigenvalue weighted by Gasteiger charge is 2.10. The van der Waals surface area contributed by atoms with Crippen LogP contribution in [0.4, 0.5) is 10.1 Å². The summed E-state index contributed by atoms with van der Waals surface area (Å²) in [5, 5.41) is 0.539. The Labute approximate surface area is 85.6 Å². The van der Waals surface area contributed by atoms with E-state index >= 15 is 0 Å². The van der Waals surface area contributed by atoms with Crippen LogP contribution in [0, 0.1) is 12.4 Å². The van der Waals surface area contributed by atoms with E-state index in [1.54, 1.807) is 17.8 Å². The van der Waals surface area contributed by atoms with E-state index in [2.05, 4.69) is 4.85 Å². The monoisotopic (exact) mass is 202 g/mol. The van der Waals surface area contributed by atoms with Gasteiger partial charge in [0.25, 0.3) is 0 Å². The lowest BCUT2D eigenvalue weighted by Crippen LogP contribution is -1.84. The molecule has 2 rings (SSSR count). The Hall–Kier alpha value is -2.15. The number of hydrogen-bond donors (Lipinski definition) is 0. The molecule has 1 aromatic heterocycles. The van der Waals surface area contributed by atoms with E-state index in [-0.39, 0.29) is 5.69 Å². The molecule has 0 spiro atoms.